The molecule has 0 atom stereocenters. The lowest BCUT2D eigenvalue weighted by Gasteiger charge is -2.21. The molecule has 1 aromatic rings. The standard InChI is InChI=1S/C18H32N6.HI/c1-17(2,3)23-15(19)21-11-13-8-7-9-14(10-13)12-22-16(20)24-18(4,5)6;/h7-10H,11-12H2,1-6H3,(H3,19,21,23)(H3,20,22,24);1H. The van der Waals surface area contributed by atoms with Gasteiger partial charge in [0.15, 0.2) is 11.9 Å². The molecule has 0 unspecified atom stereocenters. The normalized spacial score (nSPS) is 13.2. The van der Waals surface area contributed by atoms with E-state index in [4.69, 9.17) is 11.5 Å². The fourth-order valence-corrected chi connectivity index (χ4v) is 2.03. The van der Waals surface area contributed by atoms with Gasteiger partial charge in [-0.05, 0) is 52.7 Å². The first-order valence-electron chi connectivity index (χ1n) is 8.19. The van der Waals surface area contributed by atoms with Crippen molar-refractivity contribution >= 4 is 35.9 Å². The molecule has 0 bridgehead atoms. The maximum atomic E-state index is 5.90. The van der Waals surface area contributed by atoms with Gasteiger partial charge in [0, 0.05) is 11.1 Å². The van der Waals surface area contributed by atoms with Crippen LogP contribution in [0, 0.1) is 0 Å². The molecule has 0 heterocycles. The summed E-state index contributed by atoms with van der Waals surface area (Å²) in [5.74, 6) is 0.897. The number of halogens is 1. The molecular weight excluding hydrogens is 427 g/mol. The molecule has 0 aromatic heterocycles. The summed E-state index contributed by atoms with van der Waals surface area (Å²) >= 11 is 0. The van der Waals surface area contributed by atoms with Gasteiger partial charge in [-0.3, -0.25) is 0 Å². The van der Waals surface area contributed by atoms with Gasteiger partial charge in [-0.25, -0.2) is 9.98 Å². The molecule has 0 aliphatic rings. The molecule has 1 rings (SSSR count). The number of hydrogen-bond donors (Lipinski definition) is 4. The Kier molecular flexibility index (Phi) is 9.24. The maximum absolute atomic E-state index is 5.90. The van der Waals surface area contributed by atoms with Gasteiger partial charge in [-0.15, -0.1) is 24.0 Å². The second-order valence-electron chi connectivity index (χ2n) is 7.97. The summed E-state index contributed by atoms with van der Waals surface area (Å²) in [5.41, 5.74) is 13.8. The molecule has 0 fully saturated rings. The lowest BCUT2D eigenvalue weighted by atomic mass is 10.1. The Bertz CT molecular complexity index is 547. The highest BCUT2D eigenvalue weighted by Gasteiger charge is 2.10. The highest BCUT2D eigenvalue weighted by Crippen LogP contribution is 2.08. The van der Waals surface area contributed by atoms with Crippen molar-refractivity contribution in [1.82, 2.24) is 10.6 Å². The zero-order chi connectivity index (χ0) is 18.4. The number of aliphatic imine (C=N–C) groups is 2. The van der Waals surface area contributed by atoms with Crippen LogP contribution in [-0.4, -0.2) is 23.0 Å². The molecule has 6 nitrogen and oxygen atoms in total. The Labute approximate surface area is 169 Å². The number of nitrogens with zero attached hydrogens (tertiary/aromatic N) is 2. The third-order valence-corrected chi connectivity index (χ3v) is 2.86. The van der Waals surface area contributed by atoms with E-state index in [9.17, 15) is 0 Å². The number of nitrogens with two attached hydrogens (primary N) is 2. The van der Waals surface area contributed by atoms with Gasteiger partial charge >= 0.3 is 0 Å². The van der Waals surface area contributed by atoms with Crippen molar-refractivity contribution in [3.63, 3.8) is 0 Å². The number of benzene rings is 1. The molecule has 1 aromatic carbocycles. The fraction of sp³-hybridized carbons (Fsp3) is 0.556. The fourth-order valence-electron chi connectivity index (χ4n) is 2.03. The average Bonchev–Trinajstić information content (AvgIpc) is 2.40. The van der Waals surface area contributed by atoms with Gasteiger partial charge in [0.05, 0.1) is 13.1 Å². The number of guanidine groups is 2. The van der Waals surface area contributed by atoms with Crippen molar-refractivity contribution in [2.45, 2.75) is 65.7 Å². The summed E-state index contributed by atoms with van der Waals surface area (Å²) in [7, 11) is 0. The SMILES string of the molecule is CC(C)(C)NC(N)=NCc1cccc(CN=C(N)NC(C)(C)C)c1.I. The van der Waals surface area contributed by atoms with Crippen molar-refractivity contribution in [3.05, 3.63) is 35.4 Å². The molecule has 0 spiro atoms. The molecule has 7 heteroatoms. The molecule has 6 N–H and O–H groups in total. The number of nitrogens with one attached hydrogen (secondary N) is 2. The summed E-state index contributed by atoms with van der Waals surface area (Å²) in [6, 6.07) is 8.12. The van der Waals surface area contributed by atoms with Gasteiger partial charge in [0.1, 0.15) is 0 Å². The lowest BCUT2D eigenvalue weighted by molar-refractivity contribution is 0.507. The van der Waals surface area contributed by atoms with E-state index in [1.54, 1.807) is 0 Å². The highest BCUT2D eigenvalue weighted by molar-refractivity contribution is 14.0. The van der Waals surface area contributed by atoms with Crippen LogP contribution >= 0.6 is 24.0 Å². The van der Waals surface area contributed by atoms with Crippen LogP contribution in [0.2, 0.25) is 0 Å². The Morgan fingerprint density at radius 3 is 1.52 bits per heavy atom. The topological polar surface area (TPSA) is 101 Å². The van der Waals surface area contributed by atoms with E-state index in [2.05, 4.69) is 26.7 Å². The summed E-state index contributed by atoms with van der Waals surface area (Å²) in [4.78, 5) is 8.75. The van der Waals surface area contributed by atoms with Gasteiger partial charge in [-0.2, -0.15) is 0 Å². The second-order valence-corrected chi connectivity index (χ2v) is 7.97. The first-order chi connectivity index (χ1) is 10.9. The summed E-state index contributed by atoms with van der Waals surface area (Å²) in [5, 5.41) is 6.29. The van der Waals surface area contributed by atoms with Crippen LogP contribution in [0.1, 0.15) is 52.7 Å². The van der Waals surface area contributed by atoms with Crippen molar-refractivity contribution in [3.8, 4) is 0 Å². The molecule has 0 aliphatic carbocycles. The largest absolute Gasteiger partial charge is 0.370 e. The van der Waals surface area contributed by atoms with Gasteiger partial charge in [-0.1, -0.05) is 24.3 Å². The third-order valence-electron chi connectivity index (χ3n) is 2.86. The van der Waals surface area contributed by atoms with Crippen molar-refractivity contribution in [2.75, 3.05) is 0 Å². The molecule has 0 radical (unpaired) electrons. The maximum Gasteiger partial charge on any atom is 0.189 e. The average molecular weight is 460 g/mol. The van der Waals surface area contributed by atoms with Crippen LogP contribution in [0.15, 0.2) is 34.3 Å². The van der Waals surface area contributed by atoms with Crippen molar-refractivity contribution in [1.29, 1.82) is 0 Å². The molecule has 0 saturated carbocycles. The smallest absolute Gasteiger partial charge is 0.189 e. The Hall–Kier alpha value is -1.51. The van der Waals surface area contributed by atoms with E-state index in [1.807, 2.05) is 59.7 Å². The van der Waals surface area contributed by atoms with E-state index in [-0.39, 0.29) is 35.1 Å². The minimum absolute atomic E-state index is 0. The summed E-state index contributed by atoms with van der Waals surface area (Å²) in [6.45, 7) is 13.3. The quantitative estimate of drug-likeness (QED) is 0.315. The predicted molar refractivity (Wildman–Crippen MR) is 118 cm³/mol. The van der Waals surface area contributed by atoms with Crippen molar-refractivity contribution < 1.29 is 0 Å². The van der Waals surface area contributed by atoms with E-state index >= 15 is 0 Å². The lowest BCUT2D eigenvalue weighted by Crippen LogP contribution is -2.44. The molecule has 142 valence electrons. The van der Waals surface area contributed by atoms with E-state index in [0.717, 1.165) is 11.1 Å². The molecular formula is C18H33IN6. The van der Waals surface area contributed by atoms with E-state index in [0.29, 0.717) is 25.0 Å². The zero-order valence-electron chi connectivity index (χ0n) is 16.2. The molecule has 0 saturated heterocycles. The predicted octanol–water partition coefficient (Wildman–Crippen LogP) is 2.71. The minimum atomic E-state index is -0.0955. The third kappa shape index (κ3) is 11.6. The van der Waals surface area contributed by atoms with Crippen LogP contribution < -0.4 is 22.1 Å². The van der Waals surface area contributed by atoms with Crippen LogP contribution in [0.25, 0.3) is 0 Å². The first kappa shape index (κ1) is 23.5. The molecule has 25 heavy (non-hydrogen) atoms. The summed E-state index contributed by atoms with van der Waals surface area (Å²) in [6.07, 6.45) is 0. The highest BCUT2D eigenvalue weighted by atomic mass is 127. The zero-order valence-corrected chi connectivity index (χ0v) is 18.5. The molecule has 0 aliphatic heterocycles. The van der Waals surface area contributed by atoms with E-state index < -0.39 is 0 Å². The number of hydrogen-bond acceptors (Lipinski definition) is 2. The van der Waals surface area contributed by atoms with Crippen LogP contribution in [0.3, 0.4) is 0 Å². The Morgan fingerprint density at radius 1 is 0.840 bits per heavy atom. The summed E-state index contributed by atoms with van der Waals surface area (Å²) < 4.78 is 0. The first-order valence-corrected chi connectivity index (χ1v) is 8.19. The van der Waals surface area contributed by atoms with Crippen molar-refractivity contribution in [2.24, 2.45) is 21.5 Å². The van der Waals surface area contributed by atoms with Crippen LogP contribution in [-0.2, 0) is 13.1 Å². The van der Waals surface area contributed by atoms with Crippen LogP contribution in [0.4, 0.5) is 0 Å². The monoisotopic (exact) mass is 460 g/mol. The molecule has 0 amide bonds. The Balaban J connectivity index is 0.00000576. The van der Waals surface area contributed by atoms with Gasteiger partial charge in [0.25, 0.3) is 0 Å². The van der Waals surface area contributed by atoms with Crippen LogP contribution in [0.5, 0.6) is 0 Å². The second kappa shape index (κ2) is 9.84. The number of rotatable bonds is 4. The van der Waals surface area contributed by atoms with Gasteiger partial charge < -0.3 is 22.1 Å². The Morgan fingerprint density at radius 2 is 1.20 bits per heavy atom. The van der Waals surface area contributed by atoms with E-state index in [1.165, 1.54) is 0 Å². The minimum Gasteiger partial charge on any atom is -0.370 e. The van der Waals surface area contributed by atoms with Gasteiger partial charge in [0.2, 0.25) is 0 Å².